The summed E-state index contributed by atoms with van der Waals surface area (Å²) in [4.78, 5) is 3.70. The average molecular weight is 127 g/mol. The Kier molecular flexibility index (Phi) is 1.27. The standard InChI is InChI=1S/C4H9N5/c5-3-1-9(7)2-8-4(3)6/h2H,1,5-7H2. The van der Waals surface area contributed by atoms with Gasteiger partial charge in [-0.15, -0.1) is 0 Å². The number of nitrogens with zero attached hydrogens (tertiary/aromatic N) is 2. The van der Waals surface area contributed by atoms with Gasteiger partial charge in [-0.05, 0) is 0 Å². The van der Waals surface area contributed by atoms with Crippen LogP contribution in [0.5, 0.6) is 0 Å². The van der Waals surface area contributed by atoms with E-state index in [1.807, 2.05) is 0 Å². The van der Waals surface area contributed by atoms with Gasteiger partial charge in [0.15, 0.2) is 0 Å². The van der Waals surface area contributed by atoms with Gasteiger partial charge in [0, 0.05) is 0 Å². The van der Waals surface area contributed by atoms with Crippen molar-refractivity contribution in [2.45, 2.75) is 0 Å². The minimum Gasteiger partial charge on any atom is -0.398 e. The smallest absolute Gasteiger partial charge is 0.146 e. The molecule has 0 radical (unpaired) electrons. The van der Waals surface area contributed by atoms with E-state index in [-0.39, 0.29) is 0 Å². The molecule has 0 bridgehead atoms. The molecule has 0 fully saturated rings. The molecule has 1 heterocycles. The molecule has 1 aliphatic rings. The maximum Gasteiger partial charge on any atom is 0.146 e. The molecular weight excluding hydrogens is 118 g/mol. The fourth-order valence-electron chi connectivity index (χ4n) is 0.538. The Morgan fingerprint density at radius 2 is 2.22 bits per heavy atom. The summed E-state index contributed by atoms with van der Waals surface area (Å²) in [7, 11) is 0. The predicted octanol–water partition coefficient (Wildman–Crippen LogP) is -1.71. The molecular formula is C4H9N5. The first kappa shape index (κ1) is 5.90. The molecule has 0 aliphatic carbocycles. The molecule has 5 heteroatoms. The summed E-state index contributed by atoms with van der Waals surface area (Å²) >= 11 is 0. The minimum atomic E-state index is 0.358. The molecule has 0 saturated carbocycles. The number of rotatable bonds is 0. The third-order valence-corrected chi connectivity index (χ3v) is 1.03. The average Bonchev–Trinajstić information content (AvgIpc) is 1.80. The van der Waals surface area contributed by atoms with Gasteiger partial charge in [-0.1, -0.05) is 0 Å². The minimum absolute atomic E-state index is 0.358. The van der Waals surface area contributed by atoms with Gasteiger partial charge < -0.3 is 11.5 Å². The molecule has 9 heavy (non-hydrogen) atoms. The van der Waals surface area contributed by atoms with E-state index in [2.05, 4.69) is 4.99 Å². The molecule has 0 aromatic heterocycles. The van der Waals surface area contributed by atoms with Crippen LogP contribution in [-0.4, -0.2) is 17.9 Å². The summed E-state index contributed by atoms with van der Waals surface area (Å²) in [6.45, 7) is 0.454. The van der Waals surface area contributed by atoms with E-state index < -0.39 is 0 Å². The monoisotopic (exact) mass is 127 g/mol. The van der Waals surface area contributed by atoms with Crippen LogP contribution in [-0.2, 0) is 0 Å². The van der Waals surface area contributed by atoms with E-state index in [4.69, 9.17) is 17.3 Å². The molecule has 5 nitrogen and oxygen atoms in total. The van der Waals surface area contributed by atoms with E-state index in [9.17, 15) is 0 Å². The molecule has 0 saturated heterocycles. The van der Waals surface area contributed by atoms with Crippen LogP contribution >= 0.6 is 0 Å². The summed E-state index contributed by atoms with van der Waals surface area (Å²) in [5, 5.41) is 1.37. The van der Waals surface area contributed by atoms with Crippen LogP contribution in [0.15, 0.2) is 16.5 Å². The fourth-order valence-corrected chi connectivity index (χ4v) is 0.538. The van der Waals surface area contributed by atoms with Crippen LogP contribution in [0, 0.1) is 0 Å². The van der Waals surface area contributed by atoms with Gasteiger partial charge in [0.25, 0.3) is 0 Å². The summed E-state index contributed by atoms with van der Waals surface area (Å²) in [6, 6.07) is 0. The molecule has 6 N–H and O–H groups in total. The van der Waals surface area contributed by atoms with Crippen LogP contribution in [0.25, 0.3) is 0 Å². The van der Waals surface area contributed by atoms with Crippen molar-refractivity contribution >= 4 is 6.34 Å². The number of hydrogen-bond acceptors (Lipinski definition) is 5. The quantitative estimate of drug-likeness (QED) is 0.338. The first-order valence-corrected chi connectivity index (χ1v) is 2.50. The SMILES string of the molecule is NC1=C(N)N=CN(N)C1. The number of hydrazine groups is 1. The van der Waals surface area contributed by atoms with Crippen molar-refractivity contribution in [3.8, 4) is 0 Å². The van der Waals surface area contributed by atoms with Crippen molar-refractivity contribution < 1.29 is 0 Å². The van der Waals surface area contributed by atoms with Crippen molar-refractivity contribution in [1.29, 1.82) is 0 Å². The molecule has 0 spiro atoms. The highest BCUT2D eigenvalue weighted by Crippen LogP contribution is 1.97. The second-order valence-corrected chi connectivity index (χ2v) is 1.83. The van der Waals surface area contributed by atoms with Crippen molar-refractivity contribution in [3.05, 3.63) is 11.5 Å². The van der Waals surface area contributed by atoms with Gasteiger partial charge in [-0.3, -0.25) is 5.01 Å². The van der Waals surface area contributed by atoms with Crippen LogP contribution in [0.2, 0.25) is 0 Å². The second kappa shape index (κ2) is 1.94. The van der Waals surface area contributed by atoms with Gasteiger partial charge in [0.1, 0.15) is 12.2 Å². The first-order valence-electron chi connectivity index (χ1n) is 2.50. The molecule has 0 aromatic rings. The maximum absolute atomic E-state index is 5.39. The van der Waals surface area contributed by atoms with E-state index in [1.165, 1.54) is 11.3 Å². The zero-order valence-electron chi connectivity index (χ0n) is 4.91. The number of aliphatic imine (C=N–C) groups is 1. The highest BCUT2D eigenvalue weighted by atomic mass is 15.4. The van der Waals surface area contributed by atoms with Crippen molar-refractivity contribution in [2.24, 2.45) is 22.3 Å². The van der Waals surface area contributed by atoms with Crippen LogP contribution in [0.4, 0.5) is 0 Å². The van der Waals surface area contributed by atoms with Gasteiger partial charge in [-0.25, -0.2) is 10.8 Å². The van der Waals surface area contributed by atoms with E-state index in [0.717, 1.165) is 0 Å². The van der Waals surface area contributed by atoms with Crippen molar-refractivity contribution in [1.82, 2.24) is 5.01 Å². The molecule has 1 aliphatic heterocycles. The topological polar surface area (TPSA) is 93.7 Å². The third-order valence-electron chi connectivity index (χ3n) is 1.03. The van der Waals surface area contributed by atoms with Crippen molar-refractivity contribution in [2.75, 3.05) is 6.54 Å². The third kappa shape index (κ3) is 1.11. The lowest BCUT2D eigenvalue weighted by molar-refractivity contribution is 0.478. The zero-order chi connectivity index (χ0) is 6.85. The second-order valence-electron chi connectivity index (χ2n) is 1.83. The Balaban J connectivity index is 2.75. The largest absolute Gasteiger partial charge is 0.398 e. The Bertz CT molecular complexity index is 170. The molecule has 0 amide bonds. The van der Waals surface area contributed by atoms with Gasteiger partial charge in [0.2, 0.25) is 0 Å². The fraction of sp³-hybridized carbons (Fsp3) is 0.250. The zero-order valence-corrected chi connectivity index (χ0v) is 4.91. The van der Waals surface area contributed by atoms with Crippen molar-refractivity contribution in [3.63, 3.8) is 0 Å². The first-order chi connectivity index (χ1) is 4.20. The Morgan fingerprint density at radius 1 is 1.56 bits per heavy atom. The van der Waals surface area contributed by atoms with Crippen LogP contribution in [0.1, 0.15) is 0 Å². The Hall–Kier alpha value is -1.23. The lowest BCUT2D eigenvalue weighted by atomic mass is 10.4. The summed E-state index contributed by atoms with van der Waals surface area (Å²) in [5.41, 5.74) is 11.2. The predicted molar refractivity (Wildman–Crippen MR) is 34.8 cm³/mol. The van der Waals surface area contributed by atoms with E-state index in [0.29, 0.717) is 18.1 Å². The van der Waals surface area contributed by atoms with Gasteiger partial charge >= 0.3 is 0 Å². The highest BCUT2D eigenvalue weighted by Gasteiger charge is 2.04. The Labute approximate surface area is 52.8 Å². The highest BCUT2D eigenvalue weighted by molar-refractivity contribution is 5.58. The Morgan fingerprint density at radius 3 is 2.67 bits per heavy atom. The van der Waals surface area contributed by atoms with Gasteiger partial charge in [0.05, 0.1) is 12.2 Å². The lowest BCUT2D eigenvalue weighted by Gasteiger charge is -2.17. The van der Waals surface area contributed by atoms with E-state index in [1.54, 1.807) is 0 Å². The summed E-state index contributed by atoms with van der Waals surface area (Å²) < 4.78 is 0. The molecule has 0 unspecified atom stereocenters. The number of nitrogens with two attached hydrogens (primary N) is 3. The molecule has 1 rings (SSSR count). The lowest BCUT2D eigenvalue weighted by Crippen LogP contribution is -2.37. The van der Waals surface area contributed by atoms with Gasteiger partial charge in [-0.2, -0.15) is 0 Å². The number of hydrogen-bond donors (Lipinski definition) is 3. The van der Waals surface area contributed by atoms with Crippen LogP contribution in [0.3, 0.4) is 0 Å². The molecule has 50 valence electrons. The molecule has 0 aromatic carbocycles. The molecule has 0 atom stereocenters. The maximum atomic E-state index is 5.39. The van der Waals surface area contributed by atoms with E-state index >= 15 is 0 Å². The summed E-state index contributed by atoms with van der Waals surface area (Å²) in [6.07, 6.45) is 1.44. The summed E-state index contributed by atoms with van der Waals surface area (Å²) in [5.74, 6) is 5.66. The van der Waals surface area contributed by atoms with Crippen LogP contribution < -0.4 is 17.3 Å². The normalized spacial score (nSPS) is 19.0.